The summed E-state index contributed by atoms with van der Waals surface area (Å²) in [4.78, 5) is 23.8. The van der Waals surface area contributed by atoms with Gasteiger partial charge >= 0.3 is 5.97 Å². The number of carbonyl (C=O) groups excluding carboxylic acids is 2. The second kappa shape index (κ2) is 4.77. The number of allylic oxidation sites excluding steroid dienone is 1. The summed E-state index contributed by atoms with van der Waals surface area (Å²) in [6, 6.07) is 0. The maximum atomic E-state index is 12.0. The zero-order valence-electron chi connectivity index (χ0n) is 12.3. The second-order valence-electron chi connectivity index (χ2n) is 6.77. The van der Waals surface area contributed by atoms with Gasteiger partial charge in [-0.25, -0.2) is 0 Å². The molecule has 0 aromatic carbocycles. The van der Waals surface area contributed by atoms with Crippen molar-refractivity contribution in [1.29, 1.82) is 0 Å². The van der Waals surface area contributed by atoms with Crippen molar-refractivity contribution >= 4 is 11.8 Å². The molecule has 0 saturated heterocycles. The minimum atomic E-state index is -0.209. The van der Waals surface area contributed by atoms with Crippen LogP contribution in [0.2, 0.25) is 0 Å². The Balaban J connectivity index is 2.32. The largest absolute Gasteiger partial charge is 0.469 e. The van der Waals surface area contributed by atoms with Gasteiger partial charge in [0.15, 0.2) is 0 Å². The fraction of sp³-hybridized carbons (Fsp3) is 0.750. The van der Waals surface area contributed by atoms with Crippen molar-refractivity contribution in [3.63, 3.8) is 0 Å². The molecular weight excluding hydrogens is 240 g/mol. The molecule has 0 aromatic rings. The number of ether oxygens (including phenoxy) is 1. The van der Waals surface area contributed by atoms with E-state index >= 15 is 0 Å². The molecule has 2 aliphatic carbocycles. The summed E-state index contributed by atoms with van der Waals surface area (Å²) < 4.78 is 4.86. The van der Waals surface area contributed by atoms with Crippen LogP contribution in [0.15, 0.2) is 12.2 Å². The minimum Gasteiger partial charge on any atom is -0.469 e. The number of ketones is 1. The Hall–Kier alpha value is -1.12. The highest BCUT2D eigenvalue weighted by Crippen LogP contribution is 2.63. The zero-order valence-corrected chi connectivity index (χ0v) is 12.3. The summed E-state index contributed by atoms with van der Waals surface area (Å²) in [6.07, 6.45) is 4.51. The van der Waals surface area contributed by atoms with Crippen molar-refractivity contribution < 1.29 is 14.3 Å². The van der Waals surface area contributed by atoms with Gasteiger partial charge in [0.05, 0.1) is 13.5 Å². The first-order chi connectivity index (χ1) is 8.82. The molecule has 3 nitrogen and oxygen atoms in total. The van der Waals surface area contributed by atoms with E-state index in [0.717, 1.165) is 19.3 Å². The standard InChI is InChI=1S/C16H24O3/c1-11(2)12-5-6-15(3)8-13(17)9-16(15,7-12)10-14(18)19-4/h12H,1,5-10H2,2-4H3/t12-,15-,16+/m1/s1. The molecule has 0 heterocycles. The number of Topliss-reactive ketones (excluding diaryl/α,β-unsaturated/α-hetero) is 1. The average Bonchev–Trinajstić information content (AvgIpc) is 2.57. The molecule has 0 unspecified atom stereocenters. The number of fused-ring (bicyclic) bond motifs is 1. The molecule has 2 fully saturated rings. The first-order valence-electron chi connectivity index (χ1n) is 7.06. The van der Waals surface area contributed by atoms with Crippen LogP contribution in [-0.4, -0.2) is 18.9 Å². The van der Waals surface area contributed by atoms with Crippen LogP contribution in [0.25, 0.3) is 0 Å². The summed E-state index contributed by atoms with van der Waals surface area (Å²) >= 11 is 0. The molecule has 0 spiro atoms. The molecule has 0 radical (unpaired) electrons. The third-order valence-electron chi connectivity index (χ3n) is 5.49. The summed E-state index contributed by atoms with van der Waals surface area (Å²) in [7, 11) is 1.42. The van der Waals surface area contributed by atoms with E-state index in [-0.39, 0.29) is 16.8 Å². The van der Waals surface area contributed by atoms with E-state index < -0.39 is 0 Å². The van der Waals surface area contributed by atoms with Crippen LogP contribution in [0.5, 0.6) is 0 Å². The lowest BCUT2D eigenvalue weighted by molar-refractivity contribution is -0.147. The lowest BCUT2D eigenvalue weighted by Crippen LogP contribution is -2.43. The molecule has 106 valence electrons. The smallest absolute Gasteiger partial charge is 0.306 e. The molecule has 0 aromatic heterocycles. The predicted octanol–water partition coefficient (Wildman–Crippen LogP) is 3.28. The van der Waals surface area contributed by atoms with Gasteiger partial charge in [-0.05, 0) is 42.9 Å². The molecule has 0 N–H and O–H groups in total. The van der Waals surface area contributed by atoms with Gasteiger partial charge in [-0.1, -0.05) is 19.1 Å². The molecule has 0 bridgehead atoms. The van der Waals surface area contributed by atoms with Gasteiger partial charge in [-0.15, -0.1) is 0 Å². The van der Waals surface area contributed by atoms with E-state index in [4.69, 9.17) is 4.74 Å². The molecule has 3 atom stereocenters. The Bertz CT molecular complexity index is 426. The van der Waals surface area contributed by atoms with Crippen molar-refractivity contribution in [1.82, 2.24) is 0 Å². The second-order valence-corrected chi connectivity index (χ2v) is 6.77. The zero-order chi connectivity index (χ0) is 14.3. The molecule has 19 heavy (non-hydrogen) atoms. The number of hydrogen-bond donors (Lipinski definition) is 0. The molecule has 0 aliphatic heterocycles. The van der Waals surface area contributed by atoms with E-state index in [1.165, 1.54) is 12.7 Å². The molecule has 2 saturated carbocycles. The molecule has 2 rings (SSSR count). The first-order valence-corrected chi connectivity index (χ1v) is 7.06. The van der Waals surface area contributed by atoms with Crippen molar-refractivity contribution in [3.8, 4) is 0 Å². The van der Waals surface area contributed by atoms with Gasteiger partial charge in [0, 0.05) is 12.8 Å². The highest BCUT2D eigenvalue weighted by atomic mass is 16.5. The topological polar surface area (TPSA) is 43.4 Å². The van der Waals surface area contributed by atoms with E-state index in [1.54, 1.807) is 0 Å². The Kier molecular flexibility index (Phi) is 3.59. The molecule has 0 amide bonds. The van der Waals surface area contributed by atoms with Gasteiger partial charge in [0.2, 0.25) is 0 Å². The third-order valence-corrected chi connectivity index (χ3v) is 5.49. The number of rotatable bonds is 3. The van der Waals surface area contributed by atoms with Crippen molar-refractivity contribution in [3.05, 3.63) is 12.2 Å². The van der Waals surface area contributed by atoms with Gasteiger partial charge in [-0.2, -0.15) is 0 Å². The maximum absolute atomic E-state index is 12.0. The van der Waals surface area contributed by atoms with E-state index in [1.807, 2.05) is 0 Å². The average molecular weight is 264 g/mol. The minimum absolute atomic E-state index is 0.0375. The van der Waals surface area contributed by atoms with Crippen LogP contribution < -0.4 is 0 Å². The van der Waals surface area contributed by atoms with Crippen LogP contribution in [0.1, 0.15) is 52.4 Å². The van der Waals surface area contributed by atoms with Crippen LogP contribution in [0.4, 0.5) is 0 Å². The van der Waals surface area contributed by atoms with E-state index in [0.29, 0.717) is 31.0 Å². The summed E-state index contributed by atoms with van der Waals surface area (Å²) in [6.45, 7) is 8.29. The fourth-order valence-electron chi connectivity index (χ4n) is 4.13. The quantitative estimate of drug-likeness (QED) is 0.580. The van der Waals surface area contributed by atoms with Gasteiger partial charge in [0.1, 0.15) is 5.78 Å². The lowest BCUT2D eigenvalue weighted by Gasteiger charge is -2.49. The highest BCUT2D eigenvalue weighted by Gasteiger charge is 2.58. The molecule has 3 heteroatoms. The van der Waals surface area contributed by atoms with Crippen LogP contribution in [0, 0.1) is 16.7 Å². The Labute approximate surface area is 115 Å². The molecule has 2 aliphatic rings. The summed E-state index contributed by atoms with van der Waals surface area (Å²) in [5.74, 6) is 0.542. The summed E-state index contributed by atoms with van der Waals surface area (Å²) in [5.41, 5.74) is 0.925. The lowest BCUT2D eigenvalue weighted by atomic mass is 9.54. The normalized spacial score (nSPS) is 37.8. The van der Waals surface area contributed by atoms with Crippen molar-refractivity contribution in [2.45, 2.75) is 52.4 Å². The van der Waals surface area contributed by atoms with Crippen molar-refractivity contribution in [2.75, 3.05) is 7.11 Å². The van der Waals surface area contributed by atoms with Gasteiger partial charge in [-0.3, -0.25) is 9.59 Å². The Morgan fingerprint density at radius 1 is 1.47 bits per heavy atom. The molecular formula is C16H24O3. The first kappa shape index (κ1) is 14.3. The SMILES string of the molecule is C=C(C)[C@@H]1CC[C@]2(C)CC(=O)C[C@]2(CC(=O)OC)C1. The fourth-order valence-corrected chi connectivity index (χ4v) is 4.13. The summed E-state index contributed by atoms with van der Waals surface area (Å²) in [5, 5.41) is 0. The maximum Gasteiger partial charge on any atom is 0.306 e. The Morgan fingerprint density at radius 2 is 2.16 bits per heavy atom. The van der Waals surface area contributed by atoms with Gasteiger partial charge in [0.25, 0.3) is 0 Å². The number of esters is 1. The third kappa shape index (κ3) is 2.35. The predicted molar refractivity (Wildman–Crippen MR) is 73.6 cm³/mol. The Morgan fingerprint density at radius 3 is 2.74 bits per heavy atom. The highest BCUT2D eigenvalue weighted by molar-refractivity contribution is 5.84. The number of methoxy groups -OCH3 is 1. The number of carbonyl (C=O) groups is 2. The van der Waals surface area contributed by atoms with Crippen LogP contribution in [0.3, 0.4) is 0 Å². The van der Waals surface area contributed by atoms with E-state index in [9.17, 15) is 9.59 Å². The van der Waals surface area contributed by atoms with Gasteiger partial charge < -0.3 is 4.74 Å². The van der Waals surface area contributed by atoms with Crippen LogP contribution >= 0.6 is 0 Å². The van der Waals surface area contributed by atoms with Crippen LogP contribution in [-0.2, 0) is 14.3 Å². The monoisotopic (exact) mass is 264 g/mol. The number of hydrogen-bond acceptors (Lipinski definition) is 3. The van der Waals surface area contributed by atoms with Crippen molar-refractivity contribution in [2.24, 2.45) is 16.7 Å². The van der Waals surface area contributed by atoms with E-state index in [2.05, 4.69) is 20.4 Å².